The molecular formula is C13H15N3O4. The predicted octanol–water partition coefficient (Wildman–Crippen LogP) is 0.877. The highest BCUT2D eigenvalue weighted by molar-refractivity contribution is 5.88. The van der Waals surface area contributed by atoms with E-state index in [1.807, 2.05) is 41.2 Å². The zero-order valence-electron chi connectivity index (χ0n) is 10.6. The summed E-state index contributed by atoms with van der Waals surface area (Å²) in [7, 11) is 0. The first kappa shape index (κ1) is 15.4. The molecule has 0 aliphatic carbocycles. The maximum absolute atomic E-state index is 9.43. The lowest BCUT2D eigenvalue weighted by atomic mass is 10.2. The lowest BCUT2D eigenvalue weighted by Gasteiger charge is -2.02. The minimum absolute atomic E-state index is 0.565. The summed E-state index contributed by atoms with van der Waals surface area (Å²) in [5.74, 6) is -2.62. The third-order valence-corrected chi connectivity index (χ3v) is 2.22. The van der Waals surface area contributed by atoms with Crippen molar-refractivity contribution in [1.82, 2.24) is 9.78 Å². The van der Waals surface area contributed by atoms with E-state index in [4.69, 9.17) is 15.9 Å². The summed E-state index contributed by atoms with van der Waals surface area (Å²) in [4.78, 5) is 18.9. The van der Waals surface area contributed by atoms with Crippen LogP contribution < -0.4 is 5.73 Å². The van der Waals surface area contributed by atoms with Crippen molar-refractivity contribution in [2.45, 2.75) is 13.0 Å². The van der Waals surface area contributed by atoms with E-state index in [1.165, 1.54) is 0 Å². The second-order valence-corrected chi connectivity index (χ2v) is 3.79. The topological polar surface area (TPSA) is 118 Å². The smallest absolute Gasteiger partial charge is 0.314 e. The van der Waals surface area contributed by atoms with Gasteiger partial charge in [0.25, 0.3) is 0 Å². The molecule has 0 saturated heterocycles. The Morgan fingerprint density at radius 3 is 2.35 bits per heavy atom. The zero-order valence-corrected chi connectivity index (χ0v) is 10.6. The molecule has 0 fully saturated rings. The van der Waals surface area contributed by atoms with Gasteiger partial charge in [0.2, 0.25) is 0 Å². The largest absolute Gasteiger partial charge is 0.481 e. The second-order valence-electron chi connectivity index (χ2n) is 3.79. The van der Waals surface area contributed by atoms with Crippen molar-refractivity contribution in [3.8, 4) is 5.69 Å². The van der Waals surface area contributed by atoms with E-state index < -0.39 is 18.4 Å². The SMILES string of the molecule is NCc1cccc(-n2cccn2)c1.O=C(O)CC(=O)O. The van der Waals surface area contributed by atoms with Crippen molar-refractivity contribution in [2.75, 3.05) is 0 Å². The summed E-state index contributed by atoms with van der Waals surface area (Å²) >= 11 is 0. The molecule has 7 heteroatoms. The first-order valence-corrected chi connectivity index (χ1v) is 5.75. The molecule has 1 heterocycles. The van der Waals surface area contributed by atoms with E-state index >= 15 is 0 Å². The van der Waals surface area contributed by atoms with Crippen LogP contribution in [0, 0.1) is 0 Å². The van der Waals surface area contributed by atoms with Crippen LogP contribution in [0.1, 0.15) is 12.0 Å². The number of rotatable bonds is 4. The molecule has 0 spiro atoms. The molecule has 2 aromatic rings. The van der Waals surface area contributed by atoms with Gasteiger partial charge in [-0.2, -0.15) is 5.10 Å². The van der Waals surface area contributed by atoms with E-state index in [0.29, 0.717) is 6.54 Å². The number of hydrogen-bond donors (Lipinski definition) is 3. The highest BCUT2D eigenvalue weighted by Gasteiger charge is 2.01. The van der Waals surface area contributed by atoms with Crippen LogP contribution in [0.5, 0.6) is 0 Å². The molecule has 0 unspecified atom stereocenters. The Morgan fingerprint density at radius 2 is 1.90 bits per heavy atom. The molecule has 0 saturated carbocycles. The Balaban J connectivity index is 0.000000246. The Labute approximate surface area is 115 Å². The normalized spacial score (nSPS) is 9.45. The van der Waals surface area contributed by atoms with Crippen LogP contribution in [0.15, 0.2) is 42.7 Å². The quantitative estimate of drug-likeness (QED) is 0.714. The highest BCUT2D eigenvalue weighted by atomic mass is 16.4. The van der Waals surface area contributed by atoms with Crippen LogP contribution in [0.3, 0.4) is 0 Å². The van der Waals surface area contributed by atoms with Gasteiger partial charge in [0.05, 0.1) is 5.69 Å². The third kappa shape index (κ3) is 5.32. The molecule has 0 aliphatic heterocycles. The number of nitrogens with zero attached hydrogens (tertiary/aromatic N) is 2. The van der Waals surface area contributed by atoms with Crippen molar-refractivity contribution in [3.05, 3.63) is 48.3 Å². The van der Waals surface area contributed by atoms with Crippen LogP contribution in [-0.2, 0) is 16.1 Å². The molecule has 1 aromatic heterocycles. The van der Waals surface area contributed by atoms with E-state index in [1.54, 1.807) is 6.20 Å². The van der Waals surface area contributed by atoms with Gasteiger partial charge >= 0.3 is 11.9 Å². The van der Waals surface area contributed by atoms with Gasteiger partial charge in [0.15, 0.2) is 0 Å². The summed E-state index contributed by atoms with van der Waals surface area (Å²) in [6.07, 6.45) is 2.87. The highest BCUT2D eigenvalue weighted by Crippen LogP contribution is 2.08. The lowest BCUT2D eigenvalue weighted by Crippen LogP contribution is -2.03. The average molecular weight is 277 g/mol. The molecule has 7 nitrogen and oxygen atoms in total. The van der Waals surface area contributed by atoms with Crippen LogP contribution in [-0.4, -0.2) is 31.9 Å². The Kier molecular flexibility index (Phi) is 5.92. The van der Waals surface area contributed by atoms with Gasteiger partial charge in [0.1, 0.15) is 6.42 Å². The van der Waals surface area contributed by atoms with Crippen molar-refractivity contribution in [2.24, 2.45) is 5.73 Å². The molecular weight excluding hydrogens is 262 g/mol. The molecule has 0 aliphatic rings. The van der Waals surface area contributed by atoms with Crippen LogP contribution >= 0.6 is 0 Å². The van der Waals surface area contributed by atoms with Gasteiger partial charge < -0.3 is 15.9 Å². The fourth-order valence-electron chi connectivity index (χ4n) is 1.38. The van der Waals surface area contributed by atoms with E-state index in [0.717, 1.165) is 11.3 Å². The molecule has 0 atom stereocenters. The molecule has 20 heavy (non-hydrogen) atoms. The molecule has 106 valence electrons. The fourth-order valence-corrected chi connectivity index (χ4v) is 1.38. The van der Waals surface area contributed by atoms with Crippen molar-refractivity contribution in [1.29, 1.82) is 0 Å². The number of aromatic nitrogens is 2. The number of nitrogens with two attached hydrogens (primary N) is 1. The fraction of sp³-hybridized carbons (Fsp3) is 0.154. The summed E-state index contributed by atoms with van der Waals surface area (Å²) < 4.78 is 1.82. The summed E-state index contributed by atoms with van der Waals surface area (Å²) in [6, 6.07) is 9.93. The van der Waals surface area contributed by atoms with Crippen LogP contribution in [0.25, 0.3) is 5.69 Å². The lowest BCUT2D eigenvalue weighted by molar-refractivity contribution is -0.147. The maximum atomic E-state index is 9.43. The van der Waals surface area contributed by atoms with Crippen LogP contribution in [0.4, 0.5) is 0 Å². The zero-order chi connectivity index (χ0) is 15.0. The van der Waals surface area contributed by atoms with Crippen molar-refractivity contribution >= 4 is 11.9 Å². The van der Waals surface area contributed by atoms with Crippen molar-refractivity contribution < 1.29 is 19.8 Å². The Bertz CT molecular complexity index is 555. The monoisotopic (exact) mass is 277 g/mol. The molecule has 0 bridgehead atoms. The minimum atomic E-state index is -1.31. The molecule has 0 amide bonds. The summed E-state index contributed by atoms with van der Waals surface area (Å²) in [5.41, 5.74) is 7.71. The number of carbonyl (C=O) groups is 2. The Hall–Kier alpha value is -2.67. The van der Waals surface area contributed by atoms with Gasteiger partial charge in [0, 0.05) is 18.9 Å². The van der Waals surface area contributed by atoms with E-state index in [2.05, 4.69) is 5.10 Å². The van der Waals surface area contributed by atoms with Gasteiger partial charge in [-0.25, -0.2) is 4.68 Å². The maximum Gasteiger partial charge on any atom is 0.314 e. The van der Waals surface area contributed by atoms with Gasteiger partial charge in [-0.15, -0.1) is 0 Å². The summed E-state index contributed by atoms with van der Waals surface area (Å²) in [5, 5.41) is 19.5. The number of benzene rings is 1. The first-order chi connectivity index (χ1) is 9.52. The molecule has 4 N–H and O–H groups in total. The van der Waals surface area contributed by atoms with Crippen molar-refractivity contribution in [3.63, 3.8) is 0 Å². The predicted molar refractivity (Wildman–Crippen MR) is 71.3 cm³/mol. The molecule has 2 rings (SSSR count). The number of aliphatic carboxylic acids is 2. The minimum Gasteiger partial charge on any atom is -0.481 e. The number of carboxylic acids is 2. The number of carboxylic acid groups (broad SMARTS) is 2. The van der Waals surface area contributed by atoms with Crippen LogP contribution in [0.2, 0.25) is 0 Å². The van der Waals surface area contributed by atoms with Gasteiger partial charge in [-0.05, 0) is 23.8 Å². The average Bonchev–Trinajstić information content (AvgIpc) is 2.92. The van der Waals surface area contributed by atoms with Gasteiger partial charge in [-0.3, -0.25) is 9.59 Å². The van der Waals surface area contributed by atoms with E-state index in [-0.39, 0.29) is 0 Å². The first-order valence-electron chi connectivity index (χ1n) is 5.75. The van der Waals surface area contributed by atoms with Gasteiger partial charge in [-0.1, -0.05) is 12.1 Å². The number of hydrogen-bond acceptors (Lipinski definition) is 4. The van der Waals surface area contributed by atoms with E-state index in [9.17, 15) is 9.59 Å². The summed E-state index contributed by atoms with van der Waals surface area (Å²) in [6.45, 7) is 0.565. The standard InChI is InChI=1S/C10H11N3.C3H4O4/c11-8-9-3-1-4-10(7-9)13-6-2-5-12-13;4-2(5)1-3(6)7/h1-7H,8,11H2;1H2,(H,4,5)(H,6,7). The second kappa shape index (κ2) is 7.70. The third-order valence-electron chi connectivity index (χ3n) is 2.22. The molecule has 1 aromatic carbocycles. The molecule has 0 radical (unpaired) electrons. The Morgan fingerprint density at radius 1 is 1.20 bits per heavy atom.